The van der Waals surface area contributed by atoms with E-state index < -0.39 is 0 Å². The van der Waals surface area contributed by atoms with E-state index in [1.165, 1.54) is 0 Å². The van der Waals surface area contributed by atoms with Crippen LogP contribution >= 0.6 is 11.6 Å². The third-order valence-electron chi connectivity index (χ3n) is 2.62. The van der Waals surface area contributed by atoms with Crippen LogP contribution in [-0.4, -0.2) is 15.7 Å². The van der Waals surface area contributed by atoms with Crippen LogP contribution in [0.15, 0.2) is 30.5 Å². The summed E-state index contributed by atoms with van der Waals surface area (Å²) in [5.74, 6) is 7.01. The quantitative estimate of drug-likeness (QED) is 0.636. The van der Waals surface area contributed by atoms with Gasteiger partial charge in [-0.3, -0.25) is 4.68 Å². The summed E-state index contributed by atoms with van der Waals surface area (Å²) in [6, 6.07) is 7.79. The van der Waals surface area contributed by atoms with E-state index in [9.17, 15) is 0 Å². The molecule has 0 spiro atoms. The Morgan fingerprint density at radius 2 is 2.21 bits per heavy atom. The first-order chi connectivity index (χ1) is 9.19. The van der Waals surface area contributed by atoms with Crippen LogP contribution in [0.3, 0.4) is 0 Å². The minimum atomic E-state index is 0.344. The number of benzene rings is 1. The smallest absolute Gasteiger partial charge is 0.132 e. The van der Waals surface area contributed by atoms with Gasteiger partial charge in [-0.1, -0.05) is 11.8 Å². The number of nitrogens with zero attached hydrogens (tertiary/aromatic N) is 2. The van der Waals surface area contributed by atoms with Crippen molar-refractivity contribution in [3.05, 3.63) is 47.3 Å². The maximum atomic E-state index is 5.75. The van der Waals surface area contributed by atoms with Gasteiger partial charge in [0.1, 0.15) is 12.4 Å². The standard InChI is InChI=1S/C15H15ClN2O/c1-12-10-13(4-3-8-16)5-6-15(12)19-11-14-7-9-18(2)17-14/h5-7,9-10H,8,11H2,1-2H3. The largest absolute Gasteiger partial charge is 0.487 e. The molecule has 0 aliphatic heterocycles. The molecule has 0 unspecified atom stereocenters. The lowest BCUT2D eigenvalue weighted by molar-refractivity contribution is 0.298. The van der Waals surface area contributed by atoms with Gasteiger partial charge in [-0.2, -0.15) is 5.10 Å². The van der Waals surface area contributed by atoms with Crippen molar-refractivity contribution in [3.8, 4) is 17.6 Å². The van der Waals surface area contributed by atoms with Crippen LogP contribution in [0.1, 0.15) is 16.8 Å². The van der Waals surface area contributed by atoms with Crippen molar-refractivity contribution in [1.82, 2.24) is 9.78 Å². The first kappa shape index (κ1) is 13.5. The molecule has 4 heteroatoms. The van der Waals surface area contributed by atoms with Crippen LogP contribution in [0.25, 0.3) is 0 Å². The number of aryl methyl sites for hydroxylation is 2. The molecular weight excluding hydrogens is 260 g/mol. The second-order valence-electron chi connectivity index (χ2n) is 4.19. The molecule has 0 fully saturated rings. The van der Waals surface area contributed by atoms with Crippen LogP contribution in [0.5, 0.6) is 5.75 Å². The highest BCUT2D eigenvalue weighted by Crippen LogP contribution is 2.19. The lowest BCUT2D eigenvalue weighted by Gasteiger charge is -2.07. The van der Waals surface area contributed by atoms with Crippen molar-refractivity contribution in [1.29, 1.82) is 0 Å². The number of alkyl halides is 1. The third-order valence-corrected chi connectivity index (χ3v) is 2.75. The van der Waals surface area contributed by atoms with Crippen molar-refractivity contribution < 1.29 is 4.74 Å². The summed E-state index contributed by atoms with van der Waals surface area (Å²) in [7, 11) is 1.89. The van der Waals surface area contributed by atoms with Gasteiger partial charge < -0.3 is 4.74 Å². The number of halogens is 1. The third kappa shape index (κ3) is 3.77. The Morgan fingerprint density at radius 3 is 2.84 bits per heavy atom. The molecule has 1 aromatic heterocycles. The Hall–Kier alpha value is -1.92. The Labute approximate surface area is 118 Å². The maximum absolute atomic E-state index is 5.75. The minimum absolute atomic E-state index is 0.344. The Bertz CT molecular complexity index is 623. The van der Waals surface area contributed by atoms with E-state index in [2.05, 4.69) is 16.9 Å². The summed E-state index contributed by atoms with van der Waals surface area (Å²) in [4.78, 5) is 0. The Kier molecular flexibility index (Phi) is 4.48. The maximum Gasteiger partial charge on any atom is 0.132 e. The lowest BCUT2D eigenvalue weighted by atomic mass is 10.1. The molecule has 1 aromatic carbocycles. The van der Waals surface area contributed by atoms with Gasteiger partial charge in [0, 0.05) is 18.8 Å². The van der Waals surface area contributed by atoms with Crippen molar-refractivity contribution in [2.45, 2.75) is 13.5 Å². The number of ether oxygens (including phenoxy) is 1. The second-order valence-corrected chi connectivity index (χ2v) is 4.45. The Balaban J connectivity index is 2.05. The fourth-order valence-corrected chi connectivity index (χ4v) is 1.78. The highest BCUT2D eigenvalue weighted by atomic mass is 35.5. The van der Waals surface area contributed by atoms with Crippen LogP contribution in [-0.2, 0) is 13.7 Å². The molecule has 0 radical (unpaired) electrons. The normalized spacial score (nSPS) is 9.84. The van der Waals surface area contributed by atoms with Crippen LogP contribution in [0.4, 0.5) is 0 Å². The second kappa shape index (κ2) is 6.31. The molecule has 2 aromatic rings. The van der Waals surface area contributed by atoms with Gasteiger partial charge in [0.25, 0.3) is 0 Å². The van der Waals surface area contributed by atoms with E-state index in [1.807, 2.05) is 44.4 Å². The number of rotatable bonds is 3. The summed E-state index contributed by atoms with van der Waals surface area (Å²) < 4.78 is 7.51. The van der Waals surface area contributed by atoms with Gasteiger partial charge >= 0.3 is 0 Å². The summed E-state index contributed by atoms with van der Waals surface area (Å²) in [6.07, 6.45) is 1.90. The molecule has 0 aliphatic carbocycles. The highest BCUT2D eigenvalue weighted by Gasteiger charge is 2.02. The highest BCUT2D eigenvalue weighted by molar-refractivity contribution is 6.19. The molecule has 19 heavy (non-hydrogen) atoms. The summed E-state index contributed by atoms with van der Waals surface area (Å²) in [6.45, 7) is 2.47. The monoisotopic (exact) mass is 274 g/mol. The van der Waals surface area contributed by atoms with Gasteiger partial charge in [-0.05, 0) is 36.8 Å². The number of hydrogen-bond acceptors (Lipinski definition) is 2. The molecular formula is C15H15ClN2O. The van der Waals surface area contributed by atoms with E-state index in [1.54, 1.807) is 4.68 Å². The van der Waals surface area contributed by atoms with Gasteiger partial charge in [-0.15, -0.1) is 11.6 Å². The van der Waals surface area contributed by atoms with Crippen molar-refractivity contribution >= 4 is 11.6 Å². The van der Waals surface area contributed by atoms with Crippen LogP contribution in [0.2, 0.25) is 0 Å². The fourth-order valence-electron chi connectivity index (χ4n) is 1.72. The fraction of sp³-hybridized carbons (Fsp3) is 0.267. The van der Waals surface area contributed by atoms with E-state index in [4.69, 9.17) is 16.3 Å². The zero-order chi connectivity index (χ0) is 13.7. The van der Waals surface area contributed by atoms with Crippen LogP contribution in [0, 0.1) is 18.8 Å². The van der Waals surface area contributed by atoms with Crippen molar-refractivity contribution in [3.63, 3.8) is 0 Å². The molecule has 1 heterocycles. The van der Waals surface area contributed by atoms with Gasteiger partial charge in [0.05, 0.1) is 11.6 Å². The van der Waals surface area contributed by atoms with Crippen molar-refractivity contribution in [2.24, 2.45) is 7.05 Å². The molecule has 98 valence electrons. The zero-order valence-electron chi connectivity index (χ0n) is 11.0. The zero-order valence-corrected chi connectivity index (χ0v) is 11.7. The predicted octanol–water partition coefficient (Wildman–Crippen LogP) is 2.90. The summed E-state index contributed by atoms with van der Waals surface area (Å²) >= 11 is 5.53. The summed E-state index contributed by atoms with van der Waals surface area (Å²) in [5, 5.41) is 4.27. The molecule has 0 saturated heterocycles. The first-order valence-electron chi connectivity index (χ1n) is 5.96. The Morgan fingerprint density at radius 1 is 1.37 bits per heavy atom. The van der Waals surface area contributed by atoms with Crippen molar-refractivity contribution in [2.75, 3.05) is 5.88 Å². The van der Waals surface area contributed by atoms with E-state index >= 15 is 0 Å². The SMILES string of the molecule is Cc1cc(C#CCCl)ccc1OCc1ccn(C)n1. The minimum Gasteiger partial charge on any atom is -0.487 e. The van der Waals surface area contributed by atoms with Crippen LogP contribution < -0.4 is 4.74 Å². The average Bonchev–Trinajstić information content (AvgIpc) is 2.81. The van der Waals surface area contributed by atoms with E-state index in [0.717, 1.165) is 22.6 Å². The van der Waals surface area contributed by atoms with Gasteiger partial charge in [0.2, 0.25) is 0 Å². The summed E-state index contributed by atoms with van der Waals surface area (Å²) in [5.41, 5.74) is 2.91. The molecule has 0 atom stereocenters. The topological polar surface area (TPSA) is 27.1 Å². The molecule has 0 N–H and O–H groups in total. The van der Waals surface area contributed by atoms with E-state index in [0.29, 0.717) is 12.5 Å². The molecule has 0 aliphatic rings. The molecule has 3 nitrogen and oxygen atoms in total. The molecule has 2 rings (SSSR count). The first-order valence-corrected chi connectivity index (χ1v) is 6.49. The molecule has 0 amide bonds. The lowest BCUT2D eigenvalue weighted by Crippen LogP contribution is -1.99. The van der Waals surface area contributed by atoms with E-state index in [-0.39, 0.29) is 0 Å². The molecule has 0 bridgehead atoms. The van der Waals surface area contributed by atoms with Gasteiger partial charge in [0.15, 0.2) is 0 Å². The number of hydrogen-bond donors (Lipinski definition) is 0. The number of aromatic nitrogens is 2. The molecule has 0 saturated carbocycles. The predicted molar refractivity (Wildman–Crippen MR) is 76.3 cm³/mol. The average molecular weight is 275 g/mol. The van der Waals surface area contributed by atoms with Gasteiger partial charge in [-0.25, -0.2) is 0 Å².